The fraction of sp³-hybridized carbons (Fsp3) is 0.600. The van der Waals surface area contributed by atoms with Gasteiger partial charge in [0.25, 0.3) is 0 Å². The number of nitrogens with one attached hydrogen (secondary N) is 1. The summed E-state index contributed by atoms with van der Waals surface area (Å²) in [7, 11) is 4.39. The second-order valence-electron chi connectivity index (χ2n) is 5.43. The predicted octanol–water partition coefficient (Wildman–Crippen LogP) is 2.60. The molecule has 0 spiro atoms. The molecule has 1 saturated heterocycles. The zero-order chi connectivity index (χ0) is 12.3. The van der Waals surface area contributed by atoms with Crippen molar-refractivity contribution in [2.75, 3.05) is 27.2 Å². The van der Waals surface area contributed by atoms with Crippen molar-refractivity contribution in [3.8, 4) is 0 Å². The van der Waals surface area contributed by atoms with Crippen LogP contribution < -0.4 is 5.32 Å². The van der Waals surface area contributed by atoms with Crippen molar-refractivity contribution >= 4 is 0 Å². The minimum Gasteiger partial charge on any atom is -0.316 e. The fourth-order valence-electron chi connectivity index (χ4n) is 2.90. The number of benzene rings is 1. The first-order valence-corrected chi connectivity index (χ1v) is 6.62. The molecule has 94 valence electrons. The lowest BCUT2D eigenvalue weighted by molar-refractivity contribution is 0.181. The predicted molar refractivity (Wildman–Crippen MR) is 73.2 cm³/mol. The normalized spacial score (nSPS) is 22.7. The summed E-state index contributed by atoms with van der Waals surface area (Å²) >= 11 is 0. The quantitative estimate of drug-likeness (QED) is 0.862. The number of piperidine rings is 1. The highest BCUT2D eigenvalue weighted by molar-refractivity contribution is 5.25. The molecular formula is C15H24N2. The van der Waals surface area contributed by atoms with Crippen molar-refractivity contribution in [2.45, 2.75) is 25.8 Å². The van der Waals surface area contributed by atoms with Crippen molar-refractivity contribution in [3.05, 3.63) is 35.4 Å². The lowest BCUT2D eigenvalue weighted by atomic mass is 9.86. The molecule has 1 fully saturated rings. The van der Waals surface area contributed by atoms with Crippen LogP contribution in [0.5, 0.6) is 0 Å². The van der Waals surface area contributed by atoms with E-state index in [1.807, 2.05) is 0 Å². The van der Waals surface area contributed by atoms with Gasteiger partial charge in [0.05, 0.1) is 0 Å². The van der Waals surface area contributed by atoms with E-state index in [2.05, 4.69) is 55.5 Å². The van der Waals surface area contributed by atoms with Gasteiger partial charge in [-0.3, -0.25) is 0 Å². The molecule has 0 aliphatic carbocycles. The molecule has 1 N–H and O–H groups in total. The molecule has 0 saturated carbocycles. The third-order valence-corrected chi connectivity index (χ3v) is 3.76. The van der Waals surface area contributed by atoms with Crippen LogP contribution in [0, 0.1) is 12.8 Å². The zero-order valence-electron chi connectivity index (χ0n) is 11.2. The van der Waals surface area contributed by atoms with E-state index < -0.39 is 0 Å². The highest BCUT2D eigenvalue weighted by Gasteiger charge is 2.26. The maximum absolute atomic E-state index is 3.52. The number of nitrogens with zero attached hydrogens (tertiary/aromatic N) is 1. The van der Waals surface area contributed by atoms with Gasteiger partial charge in [-0.05, 0) is 58.4 Å². The first-order chi connectivity index (χ1) is 8.18. The summed E-state index contributed by atoms with van der Waals surface area (Å²) in [6, 6.07) is 9.57. The molecule has 2 nitrogen and oxygen atoms in total. The van der Waals surface area contributed by atoms with Crippen molar-refractivity contribution in [2.24, 2.45) is 5.92 Å². The first kappa shape index (κ1) is 12.6. The molecule has 0 amide bonds. The number of hydrogen-bond acceptors (Lipinski definition) is 2. The molecule has 0 aromatic heterocycles. The molecular weight excluding hydrogens is 208 g/mol. The molecule has 1 aromatic carbocycles. The van der Waals surface area contributed by atoms with Gasteiger partial charge in [-0.2, -0.15) is 0 Å². The third kappa shape index (κ3) is 3.08. The monoisotopic (exact) mass is 232 g/mol. The number of rotatable bonds is 3. The second-order valence-corrected chi connectivity index (χ2v) is 5.43. The molecule has 2 atom stereocenters. The Labute approximate surface area is 105 Å². The van der Waals surface area contributed by atoms with Crippen LogP contribution in [-0.4, -0.2) is 32.1 Å². The van der Waals surface area contributed by atoms with Gasteiger partial charge in [0, 0.05) is 6.04 Å². The molecule has 1 heterocycles. The summed E-state index contributed by atoms with van der Waals surface area (Å²) in [6.45, 7) is 4.48. The van der Waals surface area contributed by atoms with Gasteiger partial charge in [0.1, 0.15) is 0 Å². The molecule has 1 aromatic rings. The molecule has 0 radical (unpaired) electrons. The summed E-state index contributed by atoms with van der Waals surface area (Å²) in [5.41, 5.74) is 2.79. The summed E-state index contributed by atoms with van der Waals surface area (Å²) in [4.78, 5) is 2.36. The van der Waals surface area contributed by atoms with Crippen molar-refractivity contribution in [3.63, 3.8) is 0 Å². The minimum absolute atomic E-state index is 0.545. The van der Waals surface area contributed by atoms with E-state index in [0.29, 0.717) is 6.04 Å². The Hall–Kier alpha value is -0.860. The maximum Gasteiger partial charge on any atom is 0.0382 e. The van der Waals surface area contributed by atoms with Gasteiger partial charge in [-0.15, -0.1) is 0 Å². The van der Waals surface area contributed by atoms with E-state index >= 15 is 0 Å². The lowest BCUT2D eigenvalue weighted by Gasteiger charge is -2.35. The highest BCUT2D eigenvalue weighted by atomic mass is 15.1. The minimum atomic E-state index is 0.545. The van der Waals surface area contributed by atoms with Crippen LogP contribution in [0.1, 0.15) is 30.0 Å². The van der Waals surface area contributed by atoms with Gasteiger partial charge < -0.3 is 10.2 Å². The highest BCUT2D eigenvalue weighted by Crippen LogP contribution is 2.31. The SMILES string of the molecule is Cc1ccc(C(C2CCCNC2)N(C)C)cc1. The Morgan fingerprint density at radius 3 is 2.47 bits per heavy atom. The molecule has 2 rings (SSSR count). The van der Waals surface area contributed by atoms with Crippen molar-refractivity contribution in [1.82, 2.24) is 10.2 Å². The Balaban J connectivity index is 2.18. The van der Waals surface area contributed by atoms with E-state index in [1.54, 1.807) is 0 Å². The van der Waals surface area contributed by atoms with Gasteiger partial charge in [-0.25, -0.2) is 0 Å². The lowest BCUT2D eigenvalue weighted by Crippen LogP contribution is -2.38. The van der Waals surface area contributed by atoms with Crippen LogP contribution in [0.3, 0.4) is 0 Å². The summed E-state index contributed by atoms with van der Waals surface area (Å²) in [6.07, 6.45) is 2.64. The first-order valence-electron chi connectivity index (χ1n) is 6.62. The molecule has 0 bridgehead atoms. The van der Waals surface area contributed by atoms with Crippen LogP contribution in [0.4, 0.5) is 0 Å². The molecule has 1 aliphatic rings. The van der Waals surface area contributed by atoms with Crippen LogP contribution in [-0.2, 0) is 0 Å². The summed E-state index contributed by atoms with van der Waals surface area (Å²) < 4.78 is 0. The van der Waals surface area contributed by atoms with Crippen LogP contribution >= 0.6 is 0 Å². The van der Waals surface area contributed by atoms with Gasteiger partial charge in [0.15, 0.2) is 0 Å². The van der Waals surface area contributed by atoms with Crippen molar-refractivity contribution in [1.29, 1.82) is 0 Å². The van der Waals surface area contributed by atoms with Crippen molar-refractivity contribution < 1.29 is 0 Å². The Bertz CT molecular complexity index is 336. The average molecular weight is 232 g/mol. The Morgan fingerprint density at radius 1 is 1.24 bits per heavy atom. The summed E-state index contributed by atoms with van der Waals surface area (Å²) in [5, 5.41) is 3.52. The topological polar surface area (TPSA) is 15.3 Å². The molecule has 1 aliphatic heterocycles. The van der Waals surface area contributed by atoms with Gasteiger partial charge in [-0.1, -0.05) is 29.8 Å². The largest absolute Gasteiger partial charge is 0.316 e. The summed E-state index contributed by atoms with van der Waals surface area (Å²) in [5.74, 6) is 0.737. The average Bonchev–Trinajstić information content (AvgIpc) is 2.33. The fourth-order valence-corrected chi connectivity index (χ4v) is 2.90. The molecule has 2 heteroatoms. The van der Waals surface area contributed by atoms with E-state index in [4.69, 9.17) is 0 Å². The van der Waals surface area contributed by atoms with E-state index in [9.17, 15) is 0 Å². The second kappa shape index (κ2) is 5.65. The third-order valence-electron chi connectivity index (χ3n) is 3.76. The maximum atomic E-state index is 3.52. The van der Waals surface area contributed by atoms with Crippen LogP contribution in [0.25, 0.3) is 0 Å². The number of aryl methyl sites for hydroxylation is 1. The molecule has 17 heavy (non-hydrogen) atoms. The van der Waals surface area contributed by atoms with Crippen LogP contribution in [0.2, 0.25) is 0 Å². The van der Waals surface area contributed by atoms with E-state index in [1.165, 1.54) is 30.5 Å². The van der Waals surface area contributed by atoms with Gasteiger partial charge in [0.2, 0.25) is 0 Å². The smallest absolute Gasteiger partial charge is 0.0382 e. The van der Waals surface area contributed by atoms with Gasteiger partial charge >= 0.3 is 0 Å². The Morgan fingerprint density at radius 2 is 1.94 bits per heavy atom. The van der Waals surface area contributed by atoms with E-state index in [0.717, 1.165) is 12.5 Å². The zero-order valence-corrected chi connectivity index (χ0v) is 11.2. The standard InChI is InChI=1S/C15H24N2/c1-12-6-8-13(9-7-12)15(17(2)3)14-5-4-10-16-11-14/h6-9,14-16H,4-5,10-11H2,1-3H3. The van der Waals surface area contributed by atoms with E-state index in [-0.39, 0.29) is 0 Å². The van der Waals surface area contributed by atoms with Crippen LogP contribution in [0.15, 0.2) is 24.3 Å². The molecule has 2 unspecified atom stereocenters. The number of hydrogen-bond donors (Lipinski definition) is 1. The Kier molecular flexibility index (Phi) is 4.19.